The van der Waals surface area contributed by atoms with Gasteiger partial charge in [0.25, 0.3) is 0 Å². The Morgan fingerprint density at radius 2 is 1.92 bits per heavy atom. The van der Waals surface area contributed by atoms with Gasteiger partial charge in [-0.3, -0.25) is 4.79 Å². The van der Waals surface area contributed by atoms with Crippen LogP contribution in [0, 0.1) is 6.92 Å². The van der Waals surface area contributed by atoms with Crippen LogP contribution in [0.2, 0.25) is 0 Å². The Morgan fingerprint density at radius 3 is 2.68 bits per heavy atom. The number of hydrogen-bond donors (Lipinski definition) is 2. The second kappa shape index (κ2) is 7.37. The quantitative estimate of drug-likeness (QED) is 0.505. The van der Waals surface area contributed by atoms with E-state index in [0.717, 1.165) is 14.5 Å². The summed E-state index contributed by atoms with van der Waals surface area (Å²) in [5, 5.41) is 18.1. The lowest BCUT2D eigenvalue weighted by molar-refractivity contribution is -0.120. The largest absolute Gasteiger partial charge is 0.493 e. The summed E-state index contributed by atoms with van der Waals surface area (Å²) < 4.78 is 7.22. The van der Waals surface area contributed by atoms with Gasteiger partial charge in [0.1, 0.15) is 5.75 Å². The van der Waals surface area contributed by atoms with Gasteiger partial charge in [0.15, 0.2) is 12.3 Å². The number of nitrogens with zero attached hydrogens (tertiary/aromatic N) is 2. The summed E-state index contributed by atoms with van der Waals surface area (Å²) in [6.45, 7) is 1.65. The molecule has 0 bridgehead atoms. The smallest absolute Gasteiger partial charge is 0.302 e. The van der Waals surface area contributed by atoms with Crippen molar-refractivity contribution in [1.29, 1.82) is 0 Å². The number of carbonyl (C=O) groups excluding carboxylic acids is 1. The number of aromatic amines is 1. The number of aryl methyl sites for hydroxylation is 1. The monoisotopic (exact) mass is 465 g/mol. The number of H-pyrrole nitrogens is 1. The molecule has 2 aromatic carbocycles. The van der Waals surface area contributed by atoms with Crippen molar-refractivity contribution < 1.29 is 14.6 Å². The third kappa shape index (κ3) is 4.08. The van der Waals surface area contributed by atoms with E-state index in [0.29, 0.717) is 16.7 Å². The number of benzene rings is 2. The van der Waals surface area contributed by atoms with E-state index in [1.807, 2.05) is 25.1 Å². The summed E-state index contributed by atoms with van der Waals surface area (Å²) in [7, 11) is 0. The maximum atomic E-state index is 11.9. The molecule has 0 spiro atoms. The highest BCUT2D eigenvalue weighted by Gasteiger charge is 2.12. The van der Waals surface area contributed by atoms with Gasteiger partial charge in [-0.2, -0.15) is 0 Å². The first-order chi connectivity index (χ1) is 11.9. The normalized spacial score (nSPS) is 11.3. The Hall–Kier alpha value is -2.19. The fourth-order valence-corrected chi connectivity index (χ4v) is 3.12. The topological polar surface area (TPSA) is 87.0 Å². The molecule has 0 saturated carbocycles. The molecule has 2 N–H and O–H groups in total. The molecule has 3 aromatic rings. The number of nitrogens with one attached hydrogen (secondary N) is 1. The highest BCUT2D eigenvalue weighted by atomic mass is 79.9. The molecule has 0 fully saturated rings. The second-order valence-corrected chi connectivity index (χ2v) is 7.14. The standard InChI is InChI=1S/C17H13Br2N3O3/c1-9-6-10(18)3-5-14(9)25-8-15(23)21-22-16-12-7-11(19)2-4-13(12)20-17(16)24/h2-7,20,24H,8H2,1H3. The molecule has 0 saturated heterocycles. The van der Waals surface area contributed by atoms with E-state index in [4.69, 9.17) is 4.74 Å². The third-order valence-electron chi connectivity index (χ3n) is 3.46. The second-order valence-electron chi connectivity index (χ2n) is 5.30. The van der Waals surface area contributed by atoms with E-state index in [2.05, 4.69) is 47.1 Å². The van der Waals surface area contributed by atoms with Crippen LogP contribution in [-0.4, -0.2) is 22.6 Å². The van der Waals surface area contributed by atoms with Crippen LogP contribution < -0.4 is 4.74 Å². The lowest BCUT2D eigenvalue weighted by Crippen LogP contribution is -2.08. The molecular weight excluding hydrogens is 454 g/mol. The van der Waals surface area contributed by atoms with Gasteiger partial charge >= 0.3 is 5.91 Å². The van der Waals surface area contributed by atoms with E-state index >= 15 is 0 Å². The van der Waals surface area contributed by atoms with E-state index < -0.39 is 5.91 Å². The average molecular weight is 467 g/mol. The lowest BCUT2D eigenvalue weighted by atomic mass is 10.2. The number of ether oxygens (including phenoxy) is 1. The Labute approximate surface area is 160 Å². The van der Waals surface area contributed by atoms with Crippen LogP contribution in [0.4, 0.5) is 5.69 Å². The molecule has 1 heterocycles. The average Bonchev–Trinajstić information content (AvgIpc) is 2.87. The summed E-state index contributed by atoms with van der Waals surface area (Å²) >= 11 is 6.73. The Kier molecular flexibility index (Phi) is 5.19. The van der Waals surface area contributed by atoms with E-state index in [-0.39, 0.29) is 18.2 Å². The number of aromatic hydroxyl groups is 1. The fourth-order valence-electron chi connectivity index (χ4n) is 2.29. The first-order valence-electron chi connectivity index (χ1n) is 7.28. The summed E-state index contributed by atoms with van der Waals surface area (Å²) in [4.78, 5) is 14.7. The van der Waals surface area contributed by atoms with Crippen molar-refractivity contribution in [2.75, 3.05) is 6.61 Å². The van der Waals surface area contributed by atoms with E-state index in [1.54, 1.807) is 18.2 Å². The molecule has 0 aliphatic rings. The van der Waals surface area contributed by atoms with Gasteiger partial charge in [0.2, 0.25) is 5.88 Å². The Morgan fingerprint density at radius 1 is 1.20 bits per heavy atom. The highest BCUT2D eigenvalue weighted by molar-refractivity contribution is 9.10. The molecule has 8 heteroatoms. The van der Waals surface area contributed by atoms with Crippen LogP contribution in [-0.2, 0) is 4.79 Å². The van der Waals surface area contributed by atoms with Gasteiger partial charge in [0.05, 0.1) is 5.52 Å². The van der Waals surface area contributed by atoms with Gasteiger partial charge in [-0.25, -0.2) is 0 Å². The fraction of sp³-hybridized carbons (Fsp3) is 0.118. The molecule has 0 atom stereocenters. The number of amides is 1. The van der Waals surface area contributed by atoms with Crippen molar-refractivity contribution in [3.8, 4) is 11.6 Å². The van der Waals surface area contributed by atoms with Crippen LogP contribution >= 0.6 is 31.9 Å². The molecular formula is C17H13Br2N3O3. The van der Waals surface area contributed by atoms with Crippen molar-refractivity contribution in [3.63, 3.8) is 0 Å². The Bertz CT molecular complexity index is 983. The van der Waals surface area contributed by atoms with Crippen molar-refractivity contribution in [2.24, 2.45) is 10.2 Å². The molecule has 25 heavy (non-hydrogen) atoms. The zero-order valence-electron chi connectivity index (χ0n) is 13.1. The minimum atomic E-state index is -0.550. The van der Waals surface area contributed by atoms with Crippen molar-refractivity contribution >= 4 is 54.4 Å². The van der Waals surface area contributed by atoms with Crippen molar-refractivity contribution in [3.05, 3.63) is 50.9 Å². The number of rotatable bonds is 4. The van der Waals surface area contributed by atoms with Gasteiger partial charge < -0.3 is 14.8 Å². The number of carbonyl (C=O) groups is 1. The summed E-state index contributed by atoms with van der Waals surface area (Å²) in [6, 6.07) is 10.9. The molecule has 1 aromatic heterocycles. The summed E-state index contributed by atoms with van der Waals surface area (Å²) in [5.41, 5.74) is 1.81. The number of fused-ring (bicyclic) bond motifs is 1. The summed E-state index contributed by atoms with van der Waals surface area (Å²) in [5.74, 6) is -0.0917. The number of halogens is 2. The predicted octanol–water partition coefficient (Wildman–Crippen LogP) is 5.40. The minimum Gasteiger partial charge on any atom is -0.493 e. The van der Waals surface area contributed by atoms with Crippen LogP contribution in [0.15, 0.2) is 55.6 Å². The van der Waals surface area contributed by atoms with Gasteiger partial charge in [-0.05, 0) is 48.9 Å². The van der Waals surface area contributed by atoms with Crippen LogP contribution in [0.3, 0.4) is 0 Å². The van der Waals surface area contributed by atoms with Crippen LogP contribution in [0.5, 0.6) is 11.6 Å². The zero-order valence-corrected chi connectivity index (χ0v) is 16.3. The SMILES string of the molecule is Cc1cc(Br)ccc1OCC(=O)N=Nc1c(O)[nH]c2ccc(Br)cc12. The number of hydrogen-bond acceptors (Lipinski definition) is 4. The molecule has 0 aliphatic carbocycles. The minimum absolute atomic E-state index is 0.144. The van der Waals surface area contributed by atoms with Gasteiger partial charge in [-0.1, -0.05) is 31.9 Å². The first-order valence-corrected chi connectivity index (χ1v) is 8.86. The molecule has 3 rings (SSSR count). The molecule has 128 valence electrons. The molecule has 1 amide bonds. The van der Waals surface area contributed by atoms with Crippen molar-refractivity contribution in [2.45, 2.75) is 6.92 Å². The lowest BCUT2D eigenvalue weighted by Gasteiger charge is -2.06. The molecule has 0 radical (unpaired) electrons. The van der Waals surface area contributed by atoms with Gasteiger partial charge in [0, 0.05) is 14.3 Å². The van der Waals surface area contributed by atoms with E-state index in [9.17, 15) is 9.90 Å². The highest BCUT2D eigenvalue weighted by Crippen LogP contribution is 2.36. The maximum absolute atomic E-state index is 11.9. The third-order valence-corrected chi connectivity index (χ3v) is 4.45. The van der Waals surface area contributed by atoms with Gasteiger partial charge in [-0.15, -0.1) is 10.2 Å². The number of aromatic nitrogens is 1. The summed E-state index contributed by atoms with van der Waals surface area (Å²) in [6.07, 6.45) is 0. The molecule has 0 unspecified atom stereocenters. The Balaban J connectivity index is 1.72. The zero-order chi connectivity index (χ0) is 18.0. The van der Waals surface area contributed by atoms with Crippen LogP contribution in [0.1, 0.15) is 5.56 Å². The predicted molar refractivity (Wildman–Crippen MR) is 102 cm³/mol. The van der Waals surface area contributed by atoms with Crippen LogP contribution in [0.25, 0.3) is 10.9 Å². The maximum Gasteiger partial charge on any atom is 0.302 e. The molecule has 6 nitrogen and oxygen atoms in total. The first kappa shape index (κ1) is 17.6. The molecule has 0 aliphatic heterocycles. The van der Waals surface area contributed by atoms with Crippen molar-refractivity contribution in [1.82, 2.24) is 4.98 Å². The van der Waals surface area contributed by atoms with E-state index in [1.165, 1.54) is 0 Å². The number of azo groups is 1.